The Bertz CT molecular complexity index is 1120. The highest BCUT2D eigenvalue weighted by Crippen LogP contribution is 2.39. The summed E-state index contributed by atoms with van der Waals surface area (Å²) in [6, 6.07) is 10.6. The van der Waals surface area contributed by atoms with Gasteiger partial charge in [0.2, 0.25) is 0 Å². The van der Waals surface area contributed by atoms with Crippen LogP contribution in [-0.4, -0.2) is 0 Å². The molecule has 1 nitrogen and oxygen atoms in total. The Kier molecular flexibility index (Phi) is 8.57. The number of hydrogen-bond acceptors (Lipinski definition) is 2. The van der Waals surface area contributed by atoms with Crippen LogP contribution in [0.4, 0.5) is 4.39 Å². The number of hydrogen-bond donors (Lipinski definition) is 0. The van der Waals surface area contributed by atoms with Gasteiger partial charge in [0.25, 0.3) is 0 Å². The van der Waals surface area contributed by atoms with Crippen molar-refractivity contribution in [2.45, 2.75) is 103 Å². The summed E-state index contributed by atoms with van der Waals surface area (Å²) in [4.78, 5) is 0. The molecule has 1 aliphatic carbocycles. The molecule has 1 aromatic heterocycles. The summed E-state index contributed by atoms with van der Waals surface area (Å²) in [6.45, 7) is 4.47. The van der Waals surface area contributed by atoms with Gasteiger partial charge in [-0.15, -0.1) is 0 Å². The minimum atomic E-state index is -0.234. The molecule has 0 spiro atoms. The van der Waals surface area contributed by atoms with E-state index in [0.29, 0.717) is 16.2 Å². The number of aryl methyl sites for hydroxylation is 1. The smallest absolute Gasteiger partial charge is 0.198 e. The Balaban J connectivity index is 1.54. The van der Waals surface area contributed by atoms with E-state index in [1.165, 1.54) is 69.8 Å². The number of halogens is 1. The third-order valence-electron chi connectivity index (χ3n) is 7.76. The van der Waals surface area contributed by atoms with E-state index in [0.717, 1.165) is 46.9 Å². The molecule has 0 atom stereocenters. The van der Waals surface area contributed by atoms with E-state index in [1.807, 2.05) is 12.1 Å². The van der Waals surface area contributed by atoms with Gasteiger partial charge in [-0.05, 0) is 85.2 Å². The molecule has 0 saturated heterocycles. The van der Waals surface area contributed by atoms with Crippen molar-refractivity contribution in [1.82, 2.24) is 0 Å². The summed E-state index contributed by atoms with van der Waals surface area (Å²) in [5.41, 5.74) is 2.42. The van der Waals surface area contributed by atoms with E-state index in [4.69, 9.17) is 16.6 Å². The van der Waals surface area contributed by atoms with Crippen LogP contribution in [0.1, 0.15) is 108 Å². The van der Waals surface area contributed by atoms with Crippen molar-refractivity contribution in [3.8, 4) is 0 Å². The molecule has 1 saturated carbocycles. The highest BCUT2D eigenvalue weighted by Gasteiger charge is 2.23. The van der Waals surface area contributed by atoms with Crippen LogP contribution >= 0.6 is 12.2 Å². The lowest BCUT2D eigenvalue weighted by molar-refractivity contribution is 0.303. The van der Waals surface area contributed by atoms with Crippen LogP contribution in [0.15, 0.2) is 34.7 Å². The third kappa shape index (κ3) is 5.67. The summed E-state index contributed by atoms with van der Waals surface area (Å²) in [6.07, 6.45) is 15.9. The fourth-order valence-electron chi connectivity index (χ4n) is 5.68. The monoisotopic (exact) mass is 466 g/mol. The number of fused-ring (bicyclic) bond motifs is 3. The second-order valence-electron chi connectivity index (χ2n) is 10.1. The Hall–Kier alpha value is -1.74. The molecule has 2 aromatic carbocycles. The fourth-order valence-corrected chi connectivity index (χ4v) is 5.93. The first-order valence-corrected chi connectivity index (χ1v) is 13.7. The largest absolute Gasteiger partial charge is 0.441 e. The van der Waals surface area contributed by atoms with Crippen LogP contribution in [0.3, 0.4) is 0 Å². The van der Waals surface area contributed by atoms with Crippen molar-refractivity contribution < 1.29 is 8.81 Å². The van der Waals surface area contributed by atoms with Gasteiger partial charge in [-0.25, -0.2) is 4.39 Å². The van der Waals surface area contributed by atoms with Gasteiger partial charge in [-0.2, -0.15) is 0 Å². The van der Waals surface area contributed by atoms with E-state index in [2.05, 4.69) is 32.0 Å². The van der Waals surface area contributed by atoms with Gasteiger partial charge < -0.3 is 4.42 Å². The number of rotatable bonds is 10. The van der Waals surface area contributed by atoms with Crippen molar-refractivity contribution >= 4 is 34.0 Å². The van der Waals surface area contributed by atoms with Gasteiger partial charge in [0.1, 0.15) is 0 Å². The van der Waals surface area contributed by atoms with Crippen LogP contribution < -0.4 is 0 Å². The predicted molar refractivity (Wildman–Crippen MR) is 141 cm³/mol. The molecule has 0 N–H and O–H groups in total. The Labute approximate surface area is 203 Å². The maximum Gasteiger partial charge on any atom is 0.198 e. The van der Waals surface area contributed by atoms with Crippen molar-refractivity contribution in [2.75, 3.05) is 0 Å². The molecule has 178 valence electrons. The zero-order valence-corrected chi connectivity index (χ0v) is 21.2. The lowest BCUT2D eigenvalue weighted by Crippen LogP contribution is -2.13. The second-order valence-corrected chi connectivity index (χ2v) is 10.5. The van der Waals surface area contributed by atoms with E-state index < -0.39 is 0 Å². The molecule has 0 bridgehead atoms. The molecular weight excluding hydrogens is 427 g/mol. The second kappa shape index (κ2) is 11.6. The lowest BCUT2D eigenvalue weighted by atomic mass is 9.77. The molecular formula is C30H39FOS. The van der Waals surface area contributed by atoms with Gasteiger partial charge in [0.05, 0.1) is 0 Å². The van der Waals surface area contributed by atoms with Gasteiger partial charge in [-0.1, -0.05) is 83.1 Å². The van der Waals surface area contributed by atoms with Crippen LogP contribution in [0.5, 0.6) is 0 Å². The molecule has 0 radical (unpaired) electrons. The number of unbranched alkanes of at least 4 members (excludes halogenated alkanes) is 5. The molecule has 3 heteroatoms. The molecule has 1 aliphatic rings. The van der Waals surface area contributed by atoms with Crippen molar-refractivity contribution in [3.05, 3.63) is 52.0 Å². The summed E-state index contributed by atoms with van der Waals surface area (Å²) in [5, 5.41) is 2.80. The molecule has 33 heavy (non-hydrogen) atoms. The van der Waals surface area contributed by atoms with E-state index in [1.54, 1.807) is 0 Å². The Morgan fingerprint density at radius 3 is 2.33 bits per heavy atom. The maximum absolute atomic E-state index is 15.3. The zero-order valence-electron chi connectivity index (χ0n) is 20.4. The SMILES string of the molecule is CCCCCCc1ccc2c(oc(=S)c3cc(C4CCC(CCCCC)CC4)ccc32)c1F. The van der Waals surface area contributed by atoms with E-state index in [9.17, 15) is 0 Å². The van der Waals surface area contributed by atoms with Crippen LogP contribution in [0.25, 0.3) is 21.7 Å². The quantitative estimate of drug-likeness (QED) is 0.167. The third-order valence-corrected chi connectivity index (χ3v) is 8.06. The van der Waals surface area contributed by atoms with Crippen molar-refractivity contribution in [3.63, 3.8) is 0 Å². The minimum absolute atomic E-state index is 0.234. The lowest BCUT2D eigenvalue weighted by Gasteiger charge is -2.29. The molecule has 4 rings (SSSR count). The molecule has 1 heterocycles. The van der Waals surface area contributed by atoms with Gasteiger partial charge in [-0.3, -0.25) is 0 Å². The minimum Gasteiger partial charge on any atom is -0.441 e. The van der Waals surface area contributed by atoms with Crippen molar-refractivity contribution in [1.29, 1.82) is 0 Å². The average molecular weight is 467 g/mol. The molecule has 0 aliphatic heterocycles. The van der Waals surface area contributed by atoms with E-state index in [-0.39, 0.29) is 5.82 Å². The highest BCUT2D eigenvalue weighted by molar-refractivity contribution is 7.71. The highest BCUT2D eigenvalue weighted by atomic mass is 32.1. The predicted octanol–water partition coefficient (Wildman–Crippen LogP) is 10.4. The average Bonchev–Trinajstić information content (AvgIpc) is 2.84. The summed E-state index contributed by atoms with van der Waals surface area (Å²) < 4.78 is 21.6. The molecule has 1 fully saturated rings. The maximum atomic E-state index is 15.3. The van der Waals surface area contributed by atoms with Gasteiger partial charge >= 0.3 is 0 Å². The standard InChI is InChI=1S/C30H39FOS/c1-3-5-7-9-11-23-16-19-26-25-18-17-24(20-27(25)30(33)32-29(26)28(23)31)22-14-12-21(13-15-22)10-8-6-4-2/h16-22H,3-15H2,1-2H3. The summed E-state index contributed by atoms with van der Waals surface area (Å²) in [5.74, 6) is 1.27. The van der Waals surface area contributed by atoms with E-state index >= 15 is 4.39 Å². The van der Waals surface area contributed by atoms with Crippen LogP contribution in [-0.2, 0) is 6.42 Å². The van der Waals surface area contributed by atoms with Crippen molar-refractivity contribution in [2.24, 2.45) is 5.92 Å². The topological polar surface area (TPSA) is 13.1 Å². The Morgan fingerprint density at radius 2 is 1.58 bits per heavy atom. The first kappa shape index (κ1) is 24.4. The van der Waals surface area contributed by atoms with Crippen LogP contribution in [0.2, 0.25) is 0 Å². The number of benzene rings is 2. The normalized spacial score (nSPS) is 18.9. The van der Waals surface area contributed by atoms with Gasteiger partial charge in [0, 0.05) is 10.8 Å². The summed E-state index contributed by atoms with van der Waals surface area (Å²) in [7, 11) is 0. The van der Waals surface area contributed by atoms with Gasteiger partial charge in [0.15, 0.2) is 16.1 Å². The molecule has 0 amide bonds. The first-order valence-electron chi connectivity index (χ1n) is 13.3. The first-order chi connectivity index (χ1) is 16.1. The van der Waals surface area contributed by atoms with Crippen LogP contribution in [0, 0.1) is 16.4 Å². The fraction of sp³-hybridized carbons (Fsp3) is 0.567. The zero-order chi connectivity index (χ0) is 23.2. The molecule has 0 unspecified atom stereocenters. The summed E-state index contributed by atoms with van der Waals surface area (Å²) >= 11 is 5.61. The molecule has 3 aromatic rings. The Morgan fingerprint density at radius 1 is 0.848 bits per heavy atom.